The van der Waals surface area contributed by atoms with Crippen LogP contribution < -0.4 is 0 Å². The maximum absolute atomic E-state index is 12.2. The van der Waals surface area contributed by atoms with E-state index in [2.05, 4.69) is 5.10 Å². The second kappa shape index (κ2) is 2.36. The van der Waals surface area contributed by atoms with Crippen LogP contribution in [-0.4, -0.2) is 15.7 Å². The van der Waals surface area contributed by atoms with Crippen LogP contribution in [0.15, 0.2) is 18.5 Å². The van der Waals surface area contributed by atoms with Gasteiger partial charge in [0.2, 0.25) is 0 Å². The Morgan fingerprint density at radius 1 is 1.60 bits per heavy atom. The number of nitrogens with zero attached hydrogens (tertiary/aromatic N) is 2. The Morgan fingerprint density at radius 2 is 2.30 bits per heavy atom. The Bertz CT molecular complexity index is 188. The van der Waals surface area contributed by atoms with Gasteiger partial charge in [0.25, 0.3) is 5.92 Å². The third-order valence-electron chi connectivity index (χ3n) is 0.999. The van der Waals surface area contributed by atoms with Crippen LogP contribution in [0.5, 0.6) is 0 Å². The van der Waals surface area contributed by atoms with Crippen molar-refractivity contribution in [1.29, 1.82) is 0 Å². The molecule has 0 N–H and O–H groups in total. The molecule has 0 unspecified atom stereocenters. The highest BCUT2D eigenvalue weighted by Crippen LogP contribution is 2.13. The lowest BCUT2D eigenvalue weighted by atomic mass is 10.4. The van der Waals surface area contributed by atoms with Crippen LogP contribution in [0.25, 0.3) is 0 Å². The number of aromatic nitrogens is 2. The number of hydrogen-bond acceptors (Lipinski definition) is 1. The van der Waals surface area contributed by atoms with Crippen molar-refractivity contribution < 1.29 is 8.78 Å². The monoisotopic (exact) mass is 146 g/mol. The molecule has 1 heterocycles. The summed E-state index contributed by atoms with van der Waals surface area (Å²) in [4.78, 5) is 0. The first-order valence-corrected chi connectivity index (χ1v) is 2.93. The Labute approximate surface area is 57.5 Å². The van der Waals surface area contributed by atoms with Gasteiger partial charge < -0.3 is 0 Å². The van der Waals surface area contributed by atoms with E-state index < -0.39 is 5.92 Å². The van der Waals surface area contributed by atoms with Crippen molar-refractivity contribution in [2.45, 2.75) is 19.4 Å². The van der Waals surface area contributed by atoms with E-state index in [0.717, 1.165) is 6.92 Å². The quantitative estimate of drug-likeness (QED) is 0.618. The van der Waals surface area contributed by atoms with Gasteiger partial charge in [0, 0.05) is 19.3 Å². The van der Waals surface area contributed by atoms with Crippen molar-refractivity contribution in [3.63, 3.8) is 0 Å². The summed E-state index contributed by atoms with van der Waals surface area (Å²) in [5.74, 6) is -2.67. The van der Waals surface area contributed by atoms with Gasteiger partial charge in [-0.1, -0.05) is 0 Å². The lowest BCUT2D eigenvalue weighted by molar-refractivity contribution is 0.000592. The molecule has 0 bridgehead atoms. The molecule has 1 aromatic heterocycles. The molecule has 4 heteroatoms. The molecule has 0 saturated carbocycles. The van der Waals surface area contributed by atoms with E-state index in [-0.39, 0.29) is 6.54 Å². The zero-order valence-electron chi connectivity index (χ0n) is 5.59. The van der Waals surface area contributed by atoms with Crippen LogP contribution in [-0.2, 0) is 6.54 Å². The van der Waals surface area contributed by atoms with E-state index in [1.54, 1.807) is 6.07 Å². The molecule has 0 aliphatic rings. The molecule has 10 heavy (non-hydrogen) atoms. The Balaban J connectivity index is 2.57. The van der Waals surface area contributed by atoms with Crippen LogP contribution >= 0.6 is 0 Å². The van der Waals surface area contributed by atoms with Crippen molar-refractivity contribution in [3.05, 3.63) is 18.5 Å². The number of rotatable bonds is 2. The van der Waals surface area contributed by atoms with Gasteiger partial charge in [0.15, 0.2) is 0 Å². The van der Waals surface area contributed by atoms with Crippen molar-refractivity contribution in [2.24, 2.45) is 0 Å². The van der Waals surface area contributed by atoms with Gasteiger partial charge in [0.05, 0.1) is 0 Å². The molecule has 0 saturated heterocycles. The first-order valence-electron chi connectivity index (χ1n) is 2.93. The summed E-state index contributed by atoms with van der Waals surface area (Å²) < 4.78 is 25.7. The maximum Gasteiger partial charge on any atom is 0.264 e. The minimum absolute atomic E-state index is 0.347. The zero-order valence-corrected chi connectivity index (χ0v) is 5.59. The first-order chi connectivity index (χ1) is 4.58. The predicted octanol–water partition coefficient (Wildman–Crippen LogP) is 1.54. The molecule has 2 nitrogen and oxygen atoms in total. The summed E-state index contributed by atoms with van der Waals surface area (Å²) in [7, 11) is 0. The maximum atomic E-state index is 12.2. The summed E-state index contributed by atoms with van der Waals surface area (Å²) in [6, 6.07) is 1.62. The van der Waals surface area contributed by atoms with Gasteiger partial charge in [-0.2, -0.15) is 5.10 Å². The molecule has 56 valence electrons. The van der Waals surface area contributed by atoms with Crippen LogP contribution in [0.3, 0.4) is 0 Å². The number of alkyl halides is 2. The summed E-state index contributed by atoms with van der Waals surface area (Å²) in [6.07, 6.45) is 2.99. The van der Waals surface area contributed by atoms with Crippen molar-refractivity contribution in [2.75, 3.05) is 0 Å². The van der Waals surface area contributed by atoms with Crippen molar-refractivity contribution >= 4 is 0 Å². The third kappa shape index (κ3) is 2.13. The second-order valence-electron chi connectivity index (χ2n) is 2.27. The lowest BCUT2D eigenvalue weighted by Gasteiger charge is -2.08. The third-order valence-corrected chi connectivity index (χ3v) is 0.999. The van der Waals surface area contributed by atoms with E-state index in [1.165, 1.54) is 17.1 Å². The molecular formula is C6H8F2N2. The normalized spacial score (nSPS) is 11.9. The van der Waals surface area contributed by atoms with E-state index in [1.807, 2.05) is 0 Å². The summed E-state index contributed by atoms with van der Waals surface area (Å²) >= 11 is 0. The molecular weight excluding hydrogens is 138 g/mol. The molecule has 0 radical (unpaired) electrons. The highest BCUT2D eigenvalue weighted by Gasteiger charge is 2.21. The van der Waals surface area contributed by atoms with Gasteiger partial charge in [-0.3, -0.25) is 4.68 Å². The largest absolute Gasteiger partial charge is 0.267 e. The Hall–Kier alpha value is -0.930. The Kier molecular flexibility index (Phi) is 1.70. The molecule has 0 aliphatic heterocycles. The predicted molar refractivity (Wildman–Crippen MR) is 32.8 cm³/mol. The molecule has 1 aromatic rings. The van der Waals surface area contributed by atoms with Gasteiger partial charge in [-0.15, -0.1) is 0 Å². The fraction of sp³-hybridized carbons (Fsp3) is 0.500. The lowest BCUT2D eigenvalue weighted by Crippen LogP contribution is -2.19. The molecule has 0 amide bonds. The fourth-order valence-corrected chi connectivity index (χ4v) is 0.678. The average molecular weight is 146 g/mol. The topological polar surface area (TPSA) is 17.8 Å². The fourth-order valence-electron chi connectivity index (χ4n) is 0.678. The van der Waals surface area contributed by atoms with E-state index >= 15 is 0 Å². The zero-order chi connectivity index (χ0) is 7.61. The molecule has 1 rings (SSSR count). The highest BCUT2D eigenvalue weighted by molar-refractivity contribution is 4.78. The minimum Gasteiger partial charge on any atom is -0.267 e. The van der Waals surface area contributed by atoms with Gasteiger partial charge >= 0.3 is 0 Å². The van der Waals surface area contributed by atoms with Crippen LogP contribution in [0, 0.1) is 0 Å². The molecule has 0 fully saturated rings. The van der Waals surface area contributed by atoms with Crippen LogP contribution in [0.2, 0.25) is 0 Å². The van der Waals surface area contributed by atoms with Crippen molar-refractivity contribution in [1.82, 2.24) is 9.78 Å². The minimum atomic E-state index is -2.67. The van der Waals surface area contributed by atoms with E-state index in [0.29, 0.717) is 0 Å². The van der Waals surface area contributed by atoms with Gasteiger partial charge in [0.1, 0.15) is 6.54 Å². The average Bonchev–Trinajstić information content (AvgIpc) is 2.12. The molecule has 0 aliphatic carbocycles. The first kappa shape index (κ1) is 7.18. The SMILES string of the molecule is CC(F)(F)Cn1cccn1. The number of halogens is 2. The number of hydrogen-bond donors (Lipinski definition) is 0. The van der Waals surface area contributed by atoms with Crippen LogP contribution in [0.4, 0.5) is 8.78 Å². The second-order valence-corrected chi connectivity index (χ2v) is 2.27. The standard InChI is InChI=1S/C6H8F2N2/c1-6(7,8)5-10-4-2-3-9-10/h2-4H,5H2,1H3. The molecule has 0 spiro atoms. The van der Waals surface area contributed by atoms with Crippen molar-refractivity contribution in [3.8, 4) is 0 Å². The molecule has 0 atom stereocenters. The van der Waals surface area contributed by atoms with E-state index in [9.17, 15) is 8.78 Å². The van der Waals surface area contributed by atoms with E-state index in [4.69, 9.17) is 0 Å². The molecule has 0 aromatic carbocycles. The van der Waals surface area contributed by atoms with Gasteiger partial charge in [-0.25, -0.2) is 8.78 Å². The summed E-state index contributed by atoms with van der Waals surface area (Å²) in [5.41, 5.74) is 0. The van der Waals surface area contributed by atoms with Crippen LogP contribution in [0.1, 0.15) is 6.92 Å². The highest BCUT2D eigenvalue weighted by atomic mass is 19.3. The summed E-state index contributed by atoms with van der Waals surface area (Å²) in [6.45, 7) is 0.522. The Morgan fingerprint density at radius 3 is 2.70 bits per heavy atom. The summed E-state index contributed by atoms with van der Waals surface area (Å²) in [5, 5.41) is 3.64. The van der Waals surface area contributed by atoms with Gasteiger partial charge in [-0.05, 0) is 6.07 Å². The smallest absolute Gasteiger partial charge is 0.264 e.